The second-order valence-corrected chi connectivity index (χ2v) is 4.75. The fourth-order valence-corrected chi connectivity index (χ4v) is 2.62. The van der Waals surface area contributed by atoms with E-state index in [1.807, 2.05) is 25.1 Å². The topological polar surface area (TPSA) is 49.0 Å². The van der Waals surface area contributed by atoms with Crippen LogP contribution in [0.1, 0.15) is 13.3 Å². The minimum Gasteiger partial charge on any atom is -0.454 e. The Morgan fingerprint density at radius 3 is 2.95 bits per heavy atom. The number of ether oxygens (including phenoxy) is 4. The van der Waals surface area contributed by atoms with E-state index in [9.17, 15) is 0 Å². The number of methoxy groups -OCH3 is 1. The second kappa shape index (κ2) is 5.27. The van der Waals surface area contributed by atoms with Crippen molar-refractivity contribution in [3.8, 4) is 11.5 Å². The van der Waals surface area contributed by atoms with Gasteiger partial charge in [-0.15, -0.1) is 0 Å². The zero-order valence-corrected chi connectivity index (χ0v) is 11.2. The van der Waals surface area contributed by atoms with Gasteiger partial charge in [0.15, 0.2) is 11.5 Å². The molecule has 1 N–H and O–H groups in total. The Labute approximate surface area is 112 Å². The highest BCUT2D eigenvalue weighted by molar-refractivity contribution is 5.56. The largest absolute Gasteiger partial charge is 0.454 e. The number of hydrogen-bond donors (Lipinski definition) is 1. The molecule has 19 heavy (non-hydrogen) atoms. The van der Waals surface area contributed by atoms with Crippen LogP contribution in [0.2, 0.25) is 0 Å². The molecule has 3 unspecified atom stereocenters. The Morgan fingerprint density at radius 1 is 1.32 bits per heavy atom. The number of rotatable bonds is 5. The van der Waals surface area contributed by atoms with Crippen molar-refractivity contribution in [1.82, 2.24) is 0 Å². The lowest BCUT2D eigenvalue weighted by atomic mass is 9.85. The van der Waals surface area contributed by atoms with E-state index in [1.165, 1.54) is 0 Å². The van der Waals surface area contributed by atoms with E-state index >= 15 is 0 Å². The fourth-order valence-electron chi connectivity index (χ4n) is 2.62. The van der Waals surface area contributed by atoms with Crippen molar-refractivity contribution in [2.75, 3.05) is 25.8 Å². The van der Waals surface area contributed by atoms with Crippen molar-refractivity contribution in [3.05, 3.63) is 18.2 Å². The van der Waals surface area contributed by atoms with Crippen LogP contribution in [0.5, 0.6) is 11.5 Å². The van der Waals surface area contributed by atoms with Crippen molar-refractivity contribution in [2.24, 2.45) is 0 Å². The summed E-state index contributed by atoms with van der Waals surface area (Å²) in [6.45, 7) is 3.03. The summed E-state index contributed by atoms with van der Waals surface area (Å²) >= 11 is 0. The monoisotopic (exact) mass is 265 g/mol. The van der Waals surface area contributed by atoms with Gasteiger partial charge in [0.05, 0.1) is 12.1 Å². The quantitative estimate of drug-likeness (QED) is 0.882. The molecule has 0 saturated heterocycles. The molecular formula is C14H19NO4. The van der Waals surface area contributed by atoms with Crippen LogP contribution < -0.4 is 14.8 Å². The fraction of sp³-hybridized carbons (Fsp3) is 0.571. The van der Waals surface area contributed by atoms with Crippen molar-refractivity contribution in [3.63, 3.8) is 0 Å². The van der Waals surface area contributed by atoms with Gasteiger partial charge >= 0.3 is 0 Å². The van der Waals surface area contributed by atoms with Crippen LogP contribution in [0.3, 0.4) is 0 Å². The first-order chi connectivity index (χ1) is 9.31. The molecule has 1 aromatic carbocycles. The molecule has 0 amide bonds. The number of fused-ring (bicyclic) bond motifs is 1. The van der Waals surface area contributed by atoms with E-state index in [2.05, 4.69) is 5.32 Å². The van der Waals surface area contributed by atoms with Crippen LogP contribution in [-0.4, -0.2) is 38.8 Å². The highest BCUT2D eigenvalue weighted by atomic mass is 16.7. The first-order valence-corrected chi connectivity index (χ1v) is 6.62. The summed E-state index contributed by atoms with van der Waals surface area (Å²) in [5.41, 5.74) is 1.02. The van der Waals surface area contributed by atoms with Crippen LogP contribution in [-0.2, 0) is 9.47 Å². The third-order valence-corrected chi connectivity index (χ3v) is 3.63. The maximum Gasteiger partial charge on any atom is 0.231 e. The van der Waals surface area contributed by atoms with Gasteiger partial charge in [-0.25, -0.2) is 0 Å². The molecule has 0 radical (unpaired) electrons. The molecule has 1 aliphatic carbocycles. The zero-order chi connectivity index (χ0) is 13.2. The van der Waals surface area contributed by atoms with Crippen molar-refractivity contribution in [1.29, 1.82) is 0 Å². The van der Waals surface area contributed by atoms with Crippen LogP contribution in [0.15, 0.2) is 18.2 Å². The number of hydrogen-bond acceptors (Lipinski definition) is 5. The van der Waals surface area contributed by atoms with Gasteiger partial charge in [0.2, 0.25) is 6.79 Å². The average Bonchev–Trinajstić information content (AvgIpc) is 2.85. The maximum atomic E-state index is 5.61. The summed E-state index contributed by atoms with van der Waals surface area (Å²) < 4.78 is 21.8. The lowest BCUT2D eigenvalue weighted by Crippen LogP contribution is -2.56. The lowest BCUT2D eigenvalue weighted by Gasteiger charge is -2.43. The zero-order valence-electron chi connectivity index (χ0n) is 11.2. The SMILES string of the molecule is CCOC1CC(Nc2ccc3c(c2)OCO3)C1OC. The minimum atomic E-state index is 0.102. The van der Waals surface area contributed by atoms with E-state index in [0.717, 1.165) is 30.2 Å². The Bertz CT molecular complexity index is 451. The summed E-state index contributed by atoms with van der Waals surface area (Å²) in [4.78, 5) is 0. The summed E-state index contributed by atoms with van der Waals surface area (Å²) in [5.74, 6) is 1.59. The molecule has 5 heteroatoms. The van der Waals surface area contributed by atoms with E-state index in [0.29, 0.717) is 6.79 Å². The van der Waals surface area contributed by atoms with Gasteiger partial charge < -0.3 is 24.3 Å². The van der Waals surface area contributed by atoms with E-state index in [1.54, 1.807) is 7.11 Å². The number of nitrogens with one attached hydrogen (secondary N) is 1. The normalized spacial score (nSPS) is 28.0. The molecule has 2 aliphatic rings. The number of anilines is 1. The third kappa shape index (κ3) is 2.35. The lowest BCUT2D eigenvalue weighted by molar-refractivity contribution is -0.118. The van der Waals surface area contributed by atoms with E-state index in [-0.39, 0.29) is 18.2 Å². The second-order valence-electron chi connectivity index (χ2n) is 4.75. The number of benzene rings is 1. The molecule has 3 atom stereocenters. The Kier molecular flexibility index (Phi) is 3.48. The van der Waals surface area contributed by atoms with Gasteiger partial charge in [0.1, 0.15) is 6.10 Å². The van der Waals surface area contributed by atoms with Crippen LogP contribution in [0.25, 0.3) is 0 Å². The molecule has 104 valence electrons. The van der Waals surface area contributed by atoms with Crippen LogP contribution >= 0.6 is 0 Å². The molecule has 1 aliphatic heterocycles. The smallest absolute Gasteiger partial charge is 0.231 e. The van der Waals surface area contributed by atoms with Gasteiger partial charge in [0.25, 0.3) is 0 Å². The first kappa shape index (κ1) is 12.6. The highest BCUT2D eigenvalue weighted by Gasteiger charge is 2.42. The van der Waals surface area contributed by atoms with Gasteiger partial charge in [-0.1, -0.05) is 0 Å². The molecule has 3 rings (SSSR count). The first-order valence-electron chi connectivity index (χ1n) is 6.62. The molecule has 0 aromatic heterocycles. The molecule has 5 nitrogen and oxygen atoms in total. The van der Waals surface area contributed by atoms with Crippen molar-refractivity contribution >= 4 is 5.69 Å². The van der Waals surface area contributed by atoms with E-state index in [4.69, 9.17) is 18.9 Å². The summed E-state index contributed by atoms with van der Waals surface area (Å²) in [6.07, 6.45) is 1.26. The predicted molar refractivity (Wildman–Crippen MR) is 70.8 cm³/mol. The summed E-state index contributed by atoms with van der Waals surface area (Å²) in [6, 6.07) is 6.16. The predicted octanol–water partition coefficient (Wildman–Crippen LogP) is 2.02. The third-order valence-electron chi connectivity index (χ3n) is 3.63. The standard InChI is InChI=1S/C14H19NO4/c1-3-17-13-7-10(14(13)16-2)15-9-4-5-11-12(6-9)19-8-18-11/h4-6,10,13-15H,3,7-8H2,1-2H3. The molecule has 0 bridgehead atoms. The van der Waals surface area contributed by atoms with Crippen molar-refractivity contribution < 1.29 is 18.9 Å². The molecule has 1 heterocycles. The maximum absolute atomic E-state index is 5.61. The van der Waals surface area contributed by atoms with Gasteiger partial charge in [-0.05, 0) is 25.5 Å². The van der Waals surface area contributed by atoms with Crippen molar-refractivity contribution in [2.45, 2.75) is 31.6 Å². The Balaban J connectivity index is 1.63. The van der Waals surface area contributed by atoms with Crippen LogP contribution in [0, 0.1) is 0 Å². The van der Waals surface area contributed by atoms with E-state index < -0.39 is 0 Å². The minimum absolute atomic E-state index is 0.102. The molecular weight excluding hydrogens is 246 g/mol. The van der Waals surface area contributed by atoms with Gasteiger partial charge in [-0.3, -0.25) is 0 Å². The molecule has 1 fully saturated rings. The summed E-state index contributed by atoms with van der Waals surface area (Å²) in [5, 5.41) is 3.46. The average molecular weight is 265 g/mol. The van der Waals surface area contributed by atoms with Gasteiger partial charge in [0, 0.05) is 25.5 Å². The highest BCUT2D eigenvalue weighted by Crippen LogP contribution is 2.36. The molecule has 1 aromatic rings. The Hall–Kier alpha value is -1.46. The van der Waals surface area contributed by atoms with Crippen LogP contribution in [0.4, 0.5) is 5.69 Å². The van der Waals surface area contributed by atoms with Gasteiger partial charge in [-0.2, -0.15) is 0 Å². The molecule has 0 spiro atoms. The summed E-state index contributed by atoms with van der Waals surface area (Å²) in [7, 11) is 1.73. The molecule has 1 saturated carbocycles. The Morgan fingerprint density at radius 2 is 2.16 bits per heavy atom.